The molecular weight excluding hydrogens is 372 g/mol. The summed E-state index contributed by atoms with van der Waals surface area (Å²) in [5.74, 6) is 0.825. The third-order valence-electron chi connectivity index (χ3n) is 6.29. The van der Waals surface area contributed by atoms with Crippen molar-refractivity contribution in [3.8, 4) is 22.9 Å². The van der Waals surface area contributed by atoms with Gasteiger partial charge in [0.2, 0.25) is 0 Å². The van der Waals surface area contributed by atoms with Crippen LogP contribution in [0.25, 0.3) is 11.1 Å². The van der Waals surface area contributed by atoms with Crippen LogP contribution in [-0.2, 0) is 0 Å². The number of Topliss-reactive ketones (excluding diaryl/α,β-unsaturated/α-hetero) is 1. The van der Waals surface area contributed by atoms with E-state index in [0.29, 0.717) is 23.3 Å². The number of nitriles is 1. The van der Waals surface area contributed by atoms with E-state index in [1.165, 1.54) is 5.70 Å². The van der Waals surface area contributed by atoms with Crippen LogP contribution in [-0.4, -0.2) is 29.4 Å². The van der Waals surface area contributed by atoms with Crippen LogP contribution in [0, 0.1) is 11.3 Å². The quantitative estimate of drug-likeness (QED) is 0.695. The summed E-state index contributed by atoms with van der Waals surface area (Å²) < 4.78 is 6.52. The molecule has 1 fully saturated rings. The highest BCUT2D eigenvalue weighted by Crippen LogP contribution is 2.41. The largest absolute Gasteiger partial charge is 0.484 e. The van der Waals surface area contributed by atoms with Crippen LogP contribution < -0.4 is 4.74 Å². The summed E-state index contributed by atoms with van der Waals surface area (Å²) in [6.07, 6.45) is 11.2. The van der Waals surface area contributed by atoms with Crippen molar-refractivity contribution < 1.29 is 9.53 Å². The van der Waals surface area contributed by atoms with Crippen molar-refractivity contribution in [1.29, 1.82) is 5.26 Å². The van der Waals surface area contributed by atoms with Crippen molar-refractivity contribution in [2.24, 2.45) is 0 Å². The SMILES string of the molecule is N#Cc1cccc(-c2ccc3c(c2)C(=O)CC2(CCCN(C4=CCCC=C4)C2)O3)c1. The fourth-order valence-corrected chi connectivity index (χ4v) is 4.82. The van der Waals surface area contributed by atoms with E-state index in [2.05, 4.69) is 29.2 Å². The van der Waals surface area contributed by atoms with Gasteiger partial charge in [-0.3, -0.25) is 4.79 Å². The van der Waals surface area contributed by atoms with Crippen molar-refractivity contribution in [2.75, 3.05) is 13.1 Å². The van der Waals surface area contributed by atoms with Gasteiger partial charge in [-0.2, -0.15) is 5.26 Å². The Morgan fingerprint density at radius 2 is 2.00 bits per heavy atom. The summed E-state index contributed by atoms with van der Waals surface area (Å²) in [5, 5.41) is 9.16. The number of fused-ring (bicyclic) bond motifs is 1. The number of piperidine rings is 1. The van der Waals surface area contributed by atoms with Gasteiger partial charge in [0.05, 0.1) is 30.2 Å². The van der Waals surface area contributed by atoms with Crippen molar-refractivity contribution >= 4 is 5.78 Å². The van der Waals surface area contributed by atoms with Crippen LogP contribution in [0.15, 0.2) is 66.4 Å². The molecule has 30 heavy (non-hydrogen) atoms. The van der Waals surface area contributed by atoms with E-state index >= 15 is 0 Å². The average Bonchev–Trinajstić information content (AvgIpc) is 2.79. The number of benzene rings is 2. The fourth-order valence-electron chi connectivity index (χ4n) is 4.82. The molecule has 3 aliphatic rings. The van der Waals surface area contributed by atoms with Crippen molar-refractivity contribution in [2.45, 2.75) is 37.7 Å². The molecule has 0 N–H and O–H groups in total. The molecule has 0 aromatic heterocycles. The number of ether oxygens (including phenoxy) is 1. The summed E-state index contributed by atoms with van der Waals surface area (Å²) in [7, 11) is 0. The highest BCUT2D eigenvalue weighted by atomic mass is 16.5. The van der Waals surface area contributed by atoms with Crippen LogP contribution in [0.1, 0.15) is 48.0 Å². The summed E-state index contributed by atoms with van der Waals surface area (Å²) in [6, 6.07) is 15.4. The highest BCUT2D eigenvalue weighted by molar-refractivity contribution is 6.01. The Labute approximate surface area is 177 Å². The van der Waals surface area contributed by atoms with E-state index in [1.54, 1.807) is 6.07 Å². The first-order valence-corrected chi connectivity index (χ1v) is 10.6. The first-order chi connectivity index (χ1) is 14.7. The molecule has 0 saturated carbocycles. The number of hydrogen-bond donors (Lipinski definition) is 0. The van der Waals surface area contributed by atoms with Gasteiger partial charge < -0.3 is 9.64 Å². The Morgan fingerprint density at radius 1 is 1.10 bits per heavy atom. The molecule has 0 amide bonds. The standard InChI is InChI=1S/C26H24N2O2/c27-17-19-6-4-7-20(14-19)21-10-11-25-23(15-21)24(29)16-26(30-25)12-5-13-28(18-26)22-8-2-1-3-9-22/h2,4,6-11,14-15H,1,3,5,12-13,16,18H2. The zero-order valence-corrected chi connectivity index (χ0v) is 16.9. The first kappa shape index (κ1) is 18.7. The molecule has 4 heteroatoms. The minimum atomic E-state index is -0.448. The lowest BCUT2D eigenvalue weighted by atomic mass is 9.82. The predicted molar refractivity (Wildman–Crippen MR) is 116 cm³/mol. The van der Waals surface area contributed by atoms with Gasteiger partial charge in [0.15, 0.2) is 5.78 Å². The summed E-state index contributed by atoms with van der Waals surface area (Å²) in [4.78, 5) is 15.5. The Morgan fingerprint density at radius 3 is 2.83 bits per heavy atom. The number of ketones is 1. The molecule has 0 radical (unpaired) electrons. The molecule has 1 spiro atoms. The molecular formula is C26H24N2O2. The summed E-state index contributed by atoms with van der Waals surface area (Å²) in [6.45, 7) is 1.76. The minimum absolute atomic E-state index is 0.143. The molecule has 5 rings (SSSR count). The minimum Gasteiger partial charge on any atom is -0.484 e. The molecule has 1 atom stereocenters. The van der Waals surface area contributed by atoms with Crippen molar-refractivity contribution in [3.05, 3.63) is 77.5 Å². The van der Waals surface area contributed by atoms with Gasteiger partial charge in [0.25, 0.3) is 0 Å². The molecule has 0 bridgehead atoms. The third kappa shape index (κ3) is 3.41. The van der Waals surface area contributed by atoms with E-state index in [1.807, 2.05) is 36.4 Å². The van der Waals surface area contributed by atoms with Crippen LogP contribution >= 0.6 is 0 Å². The van der Waals surface area contributed by atoms with Crippen LogP contribution in [0.2, 0.25) is 0 Å². The van der Waals surface area contributed by atoms with Crippen LogP contribution in [0.5, 0.6) is 5.75 Å². The Kier molecular flexibility index (Phi) is 4.67. The van der Waals surface area contributed by atoms with Gasteiger partial charge in [0.1, 0.15) is 11.4 Å². The van der Waals surface area contributed by atoms with Gasteiger partial charge in [-0.25, -0.2) is 0 Å². The normalized spacial score (nSPS) is 22.8. The van der Waals surface area contributed by atoms with Gasteiger partial charge in [-0.15, -0.1) is 0 Å². The number of nitrogens with zero attached hydrogens (tertiary/aromatic N) is 2. The Hall–Kier alpha value is -3.32. The van der Waals surface area contributed by atoms with Gasteiger partial charge >= 0.3 is 0 Å². The molecule has 1 saturated heterocycles. The van der Waals surface area contributed by atoms with Crippen LogP contribution in [0.4, 0.5) is 0 Å². The summed E-state index contributed by atoms with van der Waals surface area (Å²) >= 11 is 0. The van der Waals surface area contributed by atoms with E-state index in [9.17, 15) is 4.79 Å². The Bertz CT molecular complexity index is 1110. The van der Waals surface area contributed by atoms with Crippen molar-refractivity contribution in [3.63, 3.8) is 0 Å². The van der Waals surface area contributed by atoms with Gasteiger partial charge in [0, 0.05) is 12.2 Å². The maximum absolute atomic E-state index is 13.2. The topological polar surface area (TPSA) is 53.3 Å². The number of carbonyl (C=O) groups excluding carboxylic acids is 1. The number of allylic oxidation sites excluding steroid dienone is 3. The molecule has 2 heterocycles. The number of likely N-dealkylation sites (tertiary alicyclic amines) is 1. The first-order valence-electron chi connectivity index (χ1n) is 10.6. The second-order valence-corrected chi connectivity index (χ2v) is 8.42. The smallest absolute Gasteiger partial charge is 0.170 e. The maximum atomic E-state index is 13.2. The summed E-state index contributed by atoms with van der Waals surface area (Å²) in [5.41, 5.74) is 3.94. The third-order valence-corrected chi connectivity index (χ3v) is 6.29. The highest BCUT2D eigenvalue weighted by Gasteiger charge is 2.44. The van der Waals surface area contributed by atoms with E-state index in [4.69, 9.17) is 10.00 Å². The zero-order chi connectivity index (χ0) is 20.6. The molecule has 2 aromatic carbocycles. The number of rotatable bonds is 2. The lowest BCUT2D eigenvalue weighted by molar-refractivity contribution is -0.00742. The fraction of sp³-hybridized carbons (Fsp3) is 0.308. The Balaban J connectivity index is 1.43. The number of hydrogen-bond acceptors (Lipinski definition) is 4. The second kappa shape index (κ2) is 7.50. The maximum Gasteiger partial charge on any atom is 0.170 e. The van der Waals surface area contributed by atoms with E-state index in [-0.39, 0.29) is 5.78 Å². The van der Waals surface area contributed by atoms with E-state index < -0.39 is 5.60 Å². The molecule has 4 nitrogen and oxygen atoms in total. The number of carbonyl (C=O) groups is 1. The van der Waals surface area contributed by atoms with E-state index in [0.717, 1.165) is 49.9 Å². The lowest BCUT2D eigenvalue weighted by Crippen LogP contribution is -2.54. The van der Waals surface area contributed by atoms with Gasteiger partial charge in [-0.1, -0.05) is 30.4 Å². The monoisotopic (exact) mass is 396 g/mol. The second-order valence-electron chi connectivity index (χ2n) is 8.42. The molecule has 150 valence electrons. The van der Waals surface area contributed by atoms with Gasteiger partial charge in [-0.05, 0) is 67.2 Å². The predicted octanol–water partition coefficient (Wildman–Crippen LogP) is 5.26. The average molecular weight is 396 g/mol. The molecule has 2 aliphatic heterocycles. The molecule has 1 unspecified atom stereocenters. The lowest BCUT2D eigenvalue weighted by Gasteiger charge is -2.46. The van der Waals surface area contributed by atoms with Crippen LogP contribution in [0.3, 0.4) is 0 Å². The molecule has 1 aliphatic carbocycles. The zero-order valence-electron chi connectivity index (χ0n) is 16.9. The molecule has 2 aromatic rings. The van der Waals surface area contributed by atoms with Crippen molar-refractivity contribution in [1.82, 2.24) is 4.90 Å².